The Morgan fingerprint density at radius 3 is 2.81 bits per heavy atom. The molecule has 1 aliphatic carbocycles. The monoisotopic (exact) mass is 368 g/mol. The first-order valence-electron chi connectivity index (χ1n) is 8.92. The third-order valence-electron chi connectivity index (χ3n) is 5.06. The van der Waals surface area contributed by atoms with Crippen molar-refractivity contribution in [3.8, 4) is 0 Å². The van der Waals surface area contributed by atoms with E-state index in [-0.39, 0.29) is 12.4 Å². The normalized spacial score (nSPS) is 25.3. The average Bonchev–Trinajstić information content (AvgIpc) is 3.26. The van der Waals surface area contributed by atoms with Gasteiger partial charge in [0.1, 0.15) is 6.61 Å². The lowest BCUT2D eigenvalue weighted by atomic mass is 9.87. The predicted octanol–water partition coefficient (Wildman–Crippen LogP) is 3.27. The standard InChI is InChI=1S/C20H20N2O5/c1-3-26-19(25)22-16-7-5-4-6-15(16)17(23)20(22)11-13(2)10-14(20)12-21-8-9-27-18(21)24/h4-7,11-12H,3,8-10H2,1-2H3/b14-12+/t20-/m1/s1. The molecule has 2 heterocycles. The Hall–Kier alpha value is -3.09. The highest BCUT2D eigenvalue weighted by Gasteiger charge is 2.57. The number of ketones is 1. The summed E-state index contributed by atoms with van der Waals surface area (Å²) in [4.78, 5) is 41.1. The van der Waals surface area contributed by atoms with Crippen molar-refractivity contribution in [3.05, 3.63) is 53.3 Å². The third kappa shape index (κ3) is 2.45. The van der Waals surface area contributed by atoms with Gasteiger partial charge in [0.2, 0.25) is 0 Å². The molecular weight excluding hydrogens is 348 g/mol. The van der Waals surface area contributed by atoms with Crippen LogP contribution in [0.2, 0.25) is 0 Å². The number of fused-ring (bicyclic) bond motifs is 1. The molecule has 0 bridgehead atoms. The maximum atomic E-state index is 13.5. The SMILES string of the molecule is CCOC(=O)N1c2ccccc2C(=O)[C@]12C=C(C)C/C2=C\N1CCOC1=O. The van der Waals surface area contributed by atoms with Gasteiger partial charge in [0.25, 0.3) is 0 Å². The van der Waals surface area contributed by atoms with Crippen molar-refractivity contribution in [2.45, 2.75) is 25.8 Å². The molecule has 0 N–H and O–H groups in total. The Bertz CT molecular complexity index is 903. The van der Waals surface area contributed by atoms with E-state index in [9.17, 15) is 14.4 Å². The molecule has 1 fully saturated rings. The second-order valence-corrected chi connectivity index (χ2v) is 6.78. The molecule has 1 saturated heterocycles. The lowest BCUT2D eigenvalue weighted by molar-refractivity contribution is 0.0940. The minimum Gasteiger partial charge on any atom is -0.449 e. The van der Waals surface area contributed by atoms with Crippen LogP contribution in [0, 0.1) is 0 Å². The van der Waals surface area contributed by atoms with E-state index >= 15 is 0 Å². The van der Waals surface area contributed by atoms with Gasteiger partial charge in [-0.05, 0) is 44.1 Å². The van der Waals surface area contributed by atoms with Crippen molar-refractivity contribution in [1.29, 1.82) is 0 Å². The van der Waals surface area contributed by atoms with Gasteiger partial charge < -0.3 is 9.47 Å². The summed E-state index contributed by atoms with van der Waals surface area (Å²) in [6, 6.07) is 7.00. The number of ether oxygens (including phenoxy) is 2. The van der Waals surface area contributed by atoms with Gasteiger partial charge in [-0.1, -0.05) is 17.7 Å². The van der Waals surface area contributed by atoms with Crippen molar-refractivity contribution in [3.63, 3.8) is 0 Å². The molecule has 2 aliphatic heterocycles. The van der Waals surface area contributed by atoms with E-state index in [1.807, 2.05) is 6.92 Å². The zero-order valence-corrected chi connectivity index (χ0v) is 15.2. The van der Waals surface area contributed by atoms with E-state index in [4.69, 9.17) is 9.47 Å². The molecule has 0 unspecified atom stereocenters. The van der Waals surface area contributed by atoms with Gasteiger partial charge in [-0.15, -0.1) is 0 Å². The molecule has 0 radical (unpaired) electrons. The zero-order chi connectivity index (χ0) is 19.2. The number of rotatable bonds is 2. The van der Waals surface area contributed by atoms with Crippen LogP contribution in [0.4, 0.5) is 15.3 Å². The van der Waals surface area contributed by atoms with E-state index in [0.717, 1.165) is 5.57 Å². The summed E-state index contributed by atoms with van der Waals surface area (Å²) in [5.41, 5.74) is 1.29. The number of para-hydroxylation sites is 1. The van der Waals surface area contributed by atoms with Gasteiger partial charge in [-0.3, -0.25) is 14.6 Å². The number of anilines is 1. The van der Waals surface area contributed by atoms with Crippen LogP contribution < -0.4 is 4.90 Å². The number of hydrogen-bond donors (Lipinski definition) is 0. The Morgan fingerprint density at radius 1 is 1.33 bits per heavy atom. The molecule has 140 valence electrons. The molecule has 0 saturated carbocycles. The maximum Gasteiger partial charge on any atom is 0.415 e. The number of nitrogens with zero attached hydrogens (tertiary/aromatic N) is 2. The van der Waals surface area contributed by atoms with Crippen LogP contribution in [0.5, 0.6) is 0 Å². The minimum atomic E-state index is -1.30. The Balaban J connectivity index is 1.89. The first-order valence-corrected chi connectivity index (χ1v) is 8.92. The van der Waals surface area contributed by atoms with Crippen molar-refractivity contribution < 1.29 is 23.9 Å². The van der Waals surface area contributed by atoms with Gasteiger partial charge in [0, 0.05) is 11.8 Å². The van der Waals surface area contributed by atoms with Crippen molar-refractivity contribution >= 4 is 23.7 Å². The summed E-state index contributed by atoms with van der Waals surface area (Å²) in [5, 5.41) is 0. The number of amides is 2. The smallest absolute Gasteiger partial charge is 0.415 e. The fraction of sp³-hybridized carbons (Fsp3) is 0.350. The van der Waals surface area contributed by atoms with Crippen LogP contribution in [0.15, 0.2) is 47.7 Å². The summed E-state index contributed by atoms with van der Waals surface area (Å²) in [6.45, 7) is 4.54. The Kier molecular flexibility index (Phi) is 4.02. The first-order chi connectivity index (χ1) is 13.0. The molecule has 1 aromatic carbocycles. The molecule has 4 rings (SSSR count). The van der Waals surface area contributed by atoms with E-state index in [0.29, 0.717) is 36.4 Å². The quantitative estimate of drug-likeness (QED) is 0.749. The molecule has 3 aliphatic rings. The van der Waals surface area contributed by atoms with E-state index in [1.165, 1.54) is 9.80 Å². The van der Waals surface area contributed by atoms with Gasteiger partial charge in [-0.2, -0.15) is 0 Å². The molecule has 27 heavy (non-hydrogen) atoms. The highest BCUT2D eigenvalue weighted by molar-refractivity contribution is 6.23. The summed E-state index contributed by atoms with van der Waals surface area (Å²) in [5.74, 6) is -0.193. The van der Waals surface area contributed by atoms with Crippen LogP contribution in [-0.2, 0) is 9.47 Å². The molecular formula is C20H20N2O5. The average molecular weight is 368 g/mol. The fourth-order valence-electron chi connectivity index (χ4n) is 4.00. The third-order valence-corrected chi connectivity index (χ3v) is 5.06. The summed E-state index contributed by atoms with van der Waals surface area (Å²) < 4.78 is 10.3. The number of Topliss-reactive ketones (excluding diaryl/α,β-unsaturated/α-hetero) is 1. The number of carbonyl (C=O) groups is 3. The second-order valence-electron chi connectivity index (χ2n) is 6.78. The van der Waals surface area contributed by atoms with Crippen molar-refractivity contribution in [1.82, 2.24) is 4.90 Å². The first kappa shape index (κ1) is 17.3. The molecule has 1 atom stereocenters. The van der Waals surface area contributed by atoms with Crippen LogP contribution in [0.1, 0.15) is 30.6 Å². The van der Waals surface area contributed by atoms with E-state index in [1.54, 1.807) is 43.5 Å². The predicted molar refractivity (Wildman–Crippen MR) is 97.5 cm³/mol. The maximum absolute atomic E-state index is 13.5. The molecule has 1 spiro atoms. The van der Waals surface area contributed by atoms with Gasteiger partial charge in [0.15, 0.2) is 11.3 Å². The molecule has 1 aromatic rings. The van der Waals surface area contributed by atoms with Crippen molar-refractivity contribution in [2.24, 2.45) is 0 Å². The van der Waals surface area contributed by atoms with Crippen molar-refractivity contribution in [2.75, 3.05) is 24.7 Å². The fourth-order valence-corrected chi connectivity index (χ4v) is 4.00. The number of carbonyl (C=O) groups excluding carboxylic acids is 3. The molecule has 0 aromatic heterocycles. The topological polar surface area (TPSA) is 76.2 Å². The summed E-state index contributed by atoms with van der Waals surface area (Å²) in [7, 11) is 0. The zero-order valence-electron chi connectivity index (χ0n) is 15.2. The van der Waals surface area contributed by atoms with Crippen LogP contribution >= 0.6 is 0 Å². The van der Waals surface area contributed by atoms with Gasteiger partial charge in [-0.25, -0.2) is 9.59 Å². The molecule has 2 amide bonds. The summed E-state index contributed by atoms with van der Waals surface area (Å²) >= 11 is 0. The van der Waals surface area contributed by atoms with Gasteiger partial charge >= 0.3 is 12.2 Å². The van der Waals surface area contributed by atoms with Gasteiger partial charge in [0.05, 0.1) is 18.8 Å². The van der Waals surface area contributed by atoms with Crippen LogP contribution in [-0.4, -0.2) is 48.2 Å². The lowest BCUT2D eigenvalue weighted by Gasteiger charge is -2.33. The number of allylic oxidation sites excluding steroid dienone is 1. The highest BCUT2D eigenvalue weighted by atomic mass is 16.6. The van der Waals surface area contributed by atoms with Crippen LogP contribution in [0.3, 0.4) is 0 Å². The van der Waals surface area contributed by atoms with E-state index < -0.39 is 17.7 Å². The Labute approximate surface area is 156 Å². The van der Waals surface area contributed by atoms with Crippen LogP contribution in [0.25, 0.3) is 0 Å². The number of benzene rings is 1. The highest BCUT2D eigenvalue weighted by Crippen LogP contribution is 2.49. The molecule has 7 nitrogen and oxygen atoms in total. The molecule has 7 heteroatoms. The number of cyclic esters (lactones) is 1. The Morgan fingerprint density at radius 2 is 2.11 bits per heavy atom. The largest absolute Gasteiger partial charge is 0.449 e. The minimum absolute atomic E-state index is 0.193. The lowest BCUT2D eigenvalue weighted by Crippen LogP contribution is -2.52. The summed E-state index contributed by atoms with van der Waals surface area (Å²) in [6.07, 6.45) is 2.90. The number of hydrogen-bond acceptors (Lipinski definition) is 5. The van der Waals surface area contributed by atoms with E-state index in [2.05, 4.69) is 0 Å². The second kappa shape index (κ2) is 6.26.